The Morgan fingerprint density at radius 3 is 2.41 bits per heavy atom. The summed E-state index contributed by atoms with van der Waals surface area (Å²) in [6, 6.07) is 15.5. The topological polar surface area (TPSA) is 69.0 Å². The zero-order valence-electron chi connectivity index (χ0n) is 23.1. The third-order valence-corrected chi connectivity index (χ3v) is 8.15. The minimum absolute atomic E-state index is 0.0280. The summed E-state index contributed by atoms with van der Waals surface area (Å²) in [7, 11) is 3.31. The fourth-order valence-electron chi connectivity index (χ4n) is 6.23. The van der Waals surface area contributed by atoms with Crippen LogP contribution in [0.5, 0.6) is 11.5 Å². The van der Waals surface area contributed by atoms with Gasteiger partial charge >= 0.3 is 0 Å². The predicted octanol–water partition coefficient (Wildman–Crippen LogP) is 6.81. The van der Waals surface area contributed by atoms with E-state index in [1.54, 1.807) is 21.1 Å². The molecule has 0 bridgehead atoms. The van der Waals surface area contributed by atoms with E-state index in [1.807, 2.05) is 36.4 Å². The Hall–Kier alpha value is -4.06. The van der Waals surface area contributed by atoms with E-state index >= 15 is 0 Å². The van der Waals surface area contributed by atoms with Crippen molar-refractivity contribution in [3.8, 4) is 22.8 Å². The van der Waals surface area contributed by atoms with Crippen molar-refractivity contribution in [3.05, 3.63) is 88.3 Å². The maximum Gasteiger partial charge on any atom is 0.162 e. The highest BCUT2D eigenvalue weighted by Crippen LogP contribution is 2.51. The number of rotatable bonds is 5. The van der Waals surface area contributed by atoms with E-state index in [2.05, 4.69) is 37.0 Å². The van der Waals surface area contributed by atoms with Gasteiger partial charge in [-0.3, -0.25) is 9.59 Å². The summed E-state index contributed by atoms with van der Waals surface area (Å²) >= 11 is 0. The molecule has 39 heavy (non-hydrogen) atoms. The van der Waals surface area contributed by atoms with Crippen LogP contribution < -0.4 is 9.47 Å². The van der Waals surface area contributed by atoms with Crippen LogP contribution in [-0.4, -0.2) is 37.2 Å². The quantitative estimate of drug-likeness (QED) is 0.342. The van der Waals surface area contributed by atoms with E-state index in [1.165, 1.54) is 5.56 Å². The summed E-state index contributed by atoms with van der Waals surface area (Å²) in [6.45, 7) is 6.70. The van der Waals surface area contributed by atoms with Crippen molar-refractivity contribution < 1.29 is 23.5 Å². The second-order valence-electron chi connectivity index (χ2n) is 11.4. The number of fused-ring (bicyclic) bond motifs is 4. The zero-order valence-corrected chi connectivity index (χ0v) is 23.1. The van der Waals surface area contributed by atoms with Crippen molar-refractivity contribution in [1.29, 1.82) is 0 Å². The normalized spacial score (nSPS) is 19.6. The molecule has 0 N–H and O–H groups in total. The number of ketones is 2. The molecule has 3 heterocycles. The Balaban J connectivity index is 1.48. The molecule has 0 radical (unpaired) electrons. The van der Waals surface area contributed by atoms with E-state index in [-0.39, 0.29) is 22.9 Å². The van der Waals surface area contributed by atoms with Gasteiger partial charge in [0.2, 0.25) is 0 Å². The van der Waals surface area contributed by atoms with Crippen molar-refractivity contribution in [1.82, 2.24) is 4.90 Å². The summed E-state index contributed by atoms with van der Waals surface area (Å²) < 4.78 is 17.7. The molecule has 3 aliphatic rings. The molecule has 200 valence electrons. The summed E-state index contributed by atoms with van der Waals surface area (Å²) in [4.78, 5) is 27.7. The molecule has 2 aliphatic heterocycles. The van der Waals surface area contributed by atoms with E-state index < -0.39 is 0 Å². The predicted molar refractivity (Wildman–Crippen MR) is 150 cm³/mol. The fraction of sp³-hybridized carbons (Fsp3) is 0.333. The van der Waals surface area contributed by atoms with Crippen LogP contribution in [0.25, 0.3) is 17.0 Å². The van der Waals surface area contributed by atoms with Gasteiger partial charge in [0.1, 0.15) is 11.5 Å². The number of carbonyl (C=O) groups is 2. The molecule has 0 spiro atoms. The van der Waals surface area contributed by atoms with Crippen LogP contribution in [0, 0.1) is 5.41 Å². The maximum absolute atomic E-state index is 13.7. The Kier molecular flexibility index (Phi) is 6.01. The van der Waals surface area contributed by atoms with Crippen molar-refractivity contribution in [2.75, 3.05) is 20.8 Å². The summed E-state index contributed by atoms with van der Waals surface area (Å²) in [5.74, 6) is 2.77. The van der Waals surface area contributed by atoms with Crippen molar-refractivity contribution in [2.45, 2.75) is 46.0 Å². The summed E-state index contributed by atoms with van der Waals surface area (Å²) in [5.41, 5.74) is 6.75. The van der Waals surface area contributed by atoms with Gasteiger partial charge in [0.05, 0.1) is 20.1 Å². The lowest BCUT2D eigenvalue weighted by Gasteiger charge is -2.45. The van der Waals surface area contributed by atoms with Crippen LogP contribution in [0.4, 0.5) is 0 Å². The lowest BCUT2D eigenvalue weighted by molar-refractivity contribution is -0.118. The Morgan fingerprint density at radius 1 is 1.00 bits per heavy atom. The lowest BCUT2D eigenvalue weighted by atomic mass is 9.70. The minimum Gasteiger partial charge on any atom is -0.493 e. The third kappa shape index (κ3) is 4.28. The first-order valence-electron chi connectivity index (χ1n) is 13.4. The standard InChI is InChI=1S/C33H33NO5/c1-19(35)20-6-8-21(9-7-20)28-10-11-29(39-28)24-15-25-23-16-31(38-5)30(37-4)14-22(23)12-13-34(25)26-17-33(2,3)18-27(36)32(24)26/h6-11,14-16,24H,12-13,17-18H2,1-5H3/t24-/m0/s1. The largest absolute Gasteiger partial charge is 0.493 e. The monoisotopic (exact) mass is 523 g/mol. The first kappa shape index (κ1) is 25.2. The minimum atomic E-state index is -0.292. The number of methoxy groups -OCH3 is 2. The molecule has 0 saturated carbocycles. The highest BCUT2D eigenvalue weighted by Gasteiger charge is 2.43. The average molecular weight is 524 g/mol. The van der Waals surface area contributed by atoms with Crippen LogP contribution in [-0.2, 0) is 11.2 Å². The molecule has 6 rings (SSSR count). The number of Topliss-reactive ketones (excluding diaryl/α,β-unsaturated/α-hetero) is 2. The number of hydrogen-bond donors (Lipinski definition) is 0. The number of nitrogens with zero attached hydrogens (tertiary/aromatic N) is 1. The SMILES string of the molecule is COc1cc2c(cc1OC)C1=C[C@@H](c3ccc(-c4ccc(C(C)=O)cc4)o3)C3=C(CC(C)(C)CC3=O)N1CC2. The molecular formula is C33H33NO5. The summed E-state index contributed by atoms with van der Waals surface area (Å²) in [6.07, 6.45) is 4.37. The number of ether oxygens (including phenoxy) is 2. The molecule has 0 amide bonds. The summed E-state index contributed by atoms with van der Waals surface area (Å²) in [5, 5.41) is 0. The Labute approximate surface area is 228 Å². The molecule has 0 saturated heterocycles. The van der Waals surface area contributed by atoms with Crippen LogP contribution in [0.3, 0.4) is 0 Å². The molecule has 2 aromatic carbocycles. The third-order valence-electron chi connectivity index (χ3n) is 8.15. The number of furan rings is 1. The number of allylic oxidation sites excluding steroid dienone is 3. The van der Waals surface area contributed by atoms with Gasteiger partial charge in [-0.15, -0.1) is 0 Å². The molecule has 1 aliphatic carbocycles. The Bertz CT molecular complexity index is 1550. The van der Waals surface area contributed by atoms with Gasteiger partial charge in [0, 0.05) is 46.6 Å². The van der Waals surface area contributed by atoms with Crippen molar-refractivity contribution in [2.24, 2.45) is 5.41 Å². The molecule has 3 aromatic rings. The highest BCUT2D eigenvalue weighted by molar-refractivity contribution is 6.01. The number of carbonyl (C=O) groups excluding carboxylic acids is 2. The number of hydrogen-bond acceptors (Lipinski definition) is 6. The van der Waals surface area contributed by atoms with E-state index in [9.17, 15) is 9.59 Å². The van der Waals surface area contributed by atoms with Gasteiger partial charge in [-0.1, -0.05) is 38.1 Å². The van der Waals surface area contributed by atoms with E-state index in [0.717, 1.165) is 59.0 Å². The zero-order chi connectivity index (χ0) is 27.5. The molecule has 0 fully saturated rings. The van der Waals surface area contributed by atoms with Crippen LogP contribution >= 0.6 is 0 Å². The molecule has 6 nitrogen and oxygen atoms in total. The molecule has 1 aromatic heterocycles. The Morgan fingerprint density at radius 2 is 1.72 bits per heavy atom. The molecule has 0 unspecified atom stereocenters. The first-order chi connectivity index (χ1) is 18.7. The van der Waals surface area contributed by atoms with E-state index in [4.69, 9.17) is 13.9 Å². The second kappa shape index (κ2) is 9.30. The van der Waals surface area contributed by atoms with Crippen molar-refractivity contribution in [3.63, 3.8) is 0 Å². The van der Waals surface area contributed by atoms with Gasteiger partial charge in [0.25, 0.3) is 0 Å². The lowest BCUT2D eigenvalue weighted by Crippen LogP contribution is -2.40. The van der Waals surface area contributed by atoms with Gasteiger partial charge in [-0.05, 0) is 61.1 Å². The maximum atomic E-state index is 13.7. The van der Waals surface area contributed by atoms with Gasteiger partial charge in [-0.2, -0.15) is 0 Å². The molecular weight excluding hydrogens is 490 g/mol. The van der Waals surface area contributed by atoms with Crippen molar-refractivity contribution >= 4 is 17.3 Å². The van der Waals surface area contributed by atoms with E-state index in [0.29, 0.717) is 23.5 Å². The first-order valence-corrected chi connectivity index (χ1v) is 13.4. The molecule has 6 heteroatoms. The molecule has 1 atom stereocenters. The van der Waals surface area contributed by atoms with Crippen LogP contribution in [0.2, 0.25) is 0 Å². The average Bonchev–Trinajstić information content (AvgIpc) is 3.41. The highest BCUT2D eigenvalue weighted by atomic mass is 16.5. The van der Waals surface area contributed by atoms with Gasteiger partial charge in [-0.25, -0.2) is 0 Å². The fourth-order valence-corrected chi connectivity index (χ4v) is 6.23. The second-order valence-corrected chi connectivity index (χ2v) is 11.4. The van der Waals surface area contributed by atoms with Crippen LogP contribution in [0.1, 0.15) is 66.8 Å². The number of benzene rings is 2. The smallest absolute Gasteiger partial charge is 0.162 e. The van der Waals surface area contributed by atoms with Crippen LogP contribution in [0.15, 0.2) is 70.3 Å². The van der Waals surface area contributed by atoms with Gasteiger partial charge in [0.15, 0.2) is 23.1 Å². The van der Waals surface area contributed by atoms with Gasteiger partial charge < -0.3 is 18.8 Å².